The van der Waals surface area contributed by atoms with E-state index in [9.17, 15) is 0 Å². The van der Waals surface area contributed by atoms with Gasteiger partial charge in [0, 0.05) is 36.5 Å². The molecule has 0 amide bonds. The van der Waals surface area contributed by atoms with Crippen molar-refractivity contribution in [2.45, 2.75) is 18.3 Å². The molecule has 0 atom stereocenters. The fraction of sp³-hybridized carbons (Fsp3) is 0.316. The van der Waals surface area contributed by atoms with E-state index < -0.39 is 0 Å². The van der Waals surface area contributed by atoms with Crippen LogP contribution in [-0.4, -0.2) is 39.6 Å². The predicted octanol–water partition coefficient (Wildman–Crippen LogP) is 3.33. The van der Waals surface area contributed by atoms with Gasteiger partial charge in [0.25, 0.3) is 0 Å². The lowest BCUT2D eigenvalue weighted by atomic mass is 10.2. The zero-order chi connectivity index (χ0) is 19.8. The lowest BCUT2D eigenvalue weighted by Crippen LogP contribution is -2.16. The van der Waals surface area contributed by atoms with Crippen LogP contribution in [0.4, 0.5) is 0 Å². The minimum atomic E-state index is 0.391. The highest BCUT2D eigenvalue weighted by Crippen LogP contribution is 2.29. The molecule has 0 saturated carbocycles. The number of halogens is 1. The Morgan fingerprint density at radius 3 is 2.79 bits per heavy atom. The van der Waals surface area contributed by atoms with Gasteiger partial charge >= 0.3 is 0 Å². The number of methoxy groups -OCH3 is 1. The van der Waals surface area contributed by atoms with Crippen LogP contribution in [0.1, 0.15) is 11.1 Å². The van der Waals surface area contributed by atoms with Crippen molar-refractivity contribution in [3.8, 4) is 11.5 Å². The van der Waals surface area contributed by atoms with Crippen LogP contribution in [0.15, 0.2) is 47.6 Å². The number of benzene rings is 2. The van der Waals surface area contributed by atoms with E-state index in [4.69, 9.17) is 21.1 Å². The van der Waals surface area contributed by atoms with Crippen LogP contribution in [0.2, 0.25) is 5.02 Å². The molecule has 0 spiro atoms. The Kier molecular flexibility index (Phi) is 7.53. The summed E-state index contributed by atoms with van der Waals surface area (Å²) in [6, 6.07) is 13.6. The molecule has 2 aromatic carbocycles. The third kappa shape index (κ3) is 5.60. The smallest absolute Gasteiger partial charge is 0.209 e. The van der Waals surface area contributed by atoms with Gasteiger partial charge in [-0.2, -0.15) is 0 Å². The number of ether oxygens (including phenoxy) is 2. The number of nitrogens with zero attached hydrogens (tertiary/aromatic N) is 4. The van der Waals surface area contributed by atoms with Gasteiger partial charge in [0.1, 0.15) is 6.61 Å². The van der Waals surface area contributed by atoms with E-state index in [2.05, 4.69) is 20.8 Å². The van der Waals surface area contributed by atoms with Crippen molar-refractivity contribution >= 4 is 23.4 Å². The Labute approximate surface area is 173 Å². The molecular weight excluding hydrogens is 398 g/mol. The first-order valence-corrected chi connectivity index (χ1v) is 10.1. The molecule has 0 radical (unpaired) electrons. The standard InChI is InChI=1S/C19H22ClN5O2S/c1-25-19(22-23-24-25)28-10-9-21-12-14-7-8-17(18(11-14)26-2)27-13-15-5-3-4-6-16(15)20/h3-8,11,21H,9-10,12-13H2,1-2H3. The Morgan fingerprint density at radius 1 is 1.18 bits per heavy atom. The summed E-state index contributed by atoms with van der Waals surface area (Å²) < 4.78 is 13.0. The molecule has 1 N–H and O–H groups in total. The van der Waals surface area contributed by atoms with Gasteiger partial charge in [-0.15, -0.1) is 5.10 Å². The van der Waals surface area contributed by atoms with Gasteiger partial charge in [-0.25, -0.2) is 4.68 Å². The number of nitrogens with one attached hydrogen (secondary N) is 1. The van der Waals surface area contributed by atoms with Crippen LogP contribution < -0.4 is 14.8 Å². The fourth-order valence-electron chi connectivity index (χ4n) is 2.50. The highest BCUT2D eigenvalue weighted by molar-refractivity contribution is 7.99. The van der Waals surface area contributed by atoms with Gasteiger partial charge in [0.15, 0.2) is 11.5 Å². The molecule has 0 saturated heterocycles. The third-order valence-corrected chi connectivity index (χ3v) is 5.37. The second kappa shape index (κ2) is 10.3. The molecule has 28 heavy (non-hydrogen) atoms. The minimum Gasteiger partial charge on any atom is -0.493 e. The summed E-state index contributed by atoms with van der Waals surface area (Å²) in [5, 5.41) is 16.3. The number of aryl methyl sites for hydroxylation is 1. The Hall–Kier alpha value is -2.29. The van der Waals surface area contributed by atoms with Crippen LogP contribution in [0.3, 0.4) is 0 Å². The molecule has 9 heteroatoms. The first kappa shape index (κ1) is 20.4. The first-order valence-electron chi connectivity index (χ1n) is 8.76. The second-order valence-electron chi connectivity index (χ2n) is 5.98. The minimum absolute atomic E-state index is 0.391. The van der Waals surface area contributed by atoms with Crippen LogP contribution in [0.5, 0.6) is 11.5 Å². The maximum absolute atomic E-state index is 6.18. The van der Waals surface area contributed by atoms with Crippen molar-refractivity contribution in [3.05, 3.63) is 58.6 Å². The van der Waals surface area contributed by atoms with Crippen molar-refractivity contribution < 1.29 is 9.47 Å². The highest BCUT2D eigenvalue weighted by Gasteiger charge is 2.08. The topological polar surface area (TPSA) is 74.1 Å². The lowest BCUT2D eigenvalue weighted by molar-refractivity contribution is 0.284. The number of rotatable bonds is 10. The van der Waals surface area contributed by atoms with Gasteiger partial charge < -0.3 is 14.8 Å². The first-order chi connectivity index (χ1) is 13.7. The van der Waals surface area contributed by atoms with Gasteiger partial charge in [-0.3, -0.25) is 0 Å². The van der Waals surface area contributed by atoms with E-state index in [0.717, 1.165) is 35.1 Å². The summed E-state index contributed by atoms with van der Waals surface area (Å²) >= 11 is 7.79. The van der Waals surface area contributed by atoms with Crippen molar-refractivity contribution in [2.75, 3.05) is 19.4 Å². The quantitative estimate of drug-likeness (QED) is 0.399. The Morgan fingerprint density at radius 2 is 2.04 bits per heavy atom. The number of hydrogen-bond acceptors (Lipinski definition) is 7. The van der Waals surface area contributed by atoms with Crippen LogP contribution in [0, 0.1) is 0 Å². The van der Waals surface area contributed by atoms with Crippen molar-refractivity contribution in [2.24, 2.45) is 7.05 Å². The van der Waals surface area contributed by atoms with Crippen molar-refractivity contribution in [3.63, 3.8) is 0 Å². The average molecular weight is 420 g/mol. The zero-order valence-electron chi connectivity index (χ0n) is 15.8. The molecular formula is C19H22ClN5O2S. The molecule has 0 aliphatic heterocycles. The predicted molar refractivity (Wildman–Crippen MR) is 110 cm³/mol. The van der Waals surface area contributed by atoms with Gasteiger partial charge in [-0.1, -0.05) is 47.6 Å². The second-order valence-corrected chi connectivity index (χ2v) is 7.44. The maximum Gasteiger partial charge on any atom is 0.209 e. The monoisotopic (exact) mass is 419 g/mol. The fourth-order valence-corrected chi connectivity index (χ4v) is 3.44. The number of hydrogen-bond donors (Lipinski definition) is 1. The van der Waals surface area contributed by atoms with Gasteiger partial charge in [-0.05, 0) is 34.2 Å². The lowest BCUT2D eigenvalue weighted by Gasteiger charge is -2.13. The Bertz CT molecular complexity index is 906. The van der Waals surface area contributed by atoms with Gasteiger partial charge in [0.05, 0.1) is 7.11 Å². The molecule has 1 heterocycles. The number of thioether (sulfide) groups is 1. The number of aromatic nitrogens is 4. The molecule has 0 aliphatic rings. The summed E-state index contributed by atoms with van der Waals surface area (Å²) in [6.07, 6.45) is 0. The van der Waals surface area contributed by atoms with E-state index >= 15 is 0 Å². The summed E-state index contributed by atoms with van der Waals surface area (Å²) in [5.74, 6) is 2.27. The molecule has 7 nitrogen and oxygen atoms in total. The van der Waals surface area contributed by atoms with Crippen LogP contribution in [-0.2, 0) is 20.2 Å². The molecule has 148 valence electrons. The molecule has 0 unspecified atom stereocenters. The zero-order valence-corrected chi connectivity index (χ0v) is 17.3. The molecule has 3 aromatic rings. The average Bonchev–Trinajstić information content (AvgIpc) is 3.12. The van der Waals surface area contributed by atoms with E-state index in [1.54, 1.807) is 23.6 Å². The number of tetrazole rings is 1. The van der Waals surface area contributed by atoms with Crippen LogP contribution >= 0.6 is 23.4 Å². The highest BCUT2D eigenvalue weighted by atomic mass is 35.5. The SMILES string of the molecule is COc1cc(CNCCSc2nnnn2C)ccc1OCc1ccccc1Cl. The summed E-state index contributed by atoms with van der Waals surface area (Å²) in [7, 11) is 3.47. The van der Waals surface area contributed by atoms with Crippen molar-refractivity contribution in [1.29, 1.82) is 0 Å². The van der Waals surface area contributed by atoms with E-state index in [1.165, 1.54) is 0 Å². The van der Waals surface area contributed by atoms with E-state index in [0.29, 0.717) is 23.1 Å². The Balaban J connectivity index is 1.48. The maximum atomic E-state index is 6.18. The summed E-state index contributed by atoms with van der Waals surface area (Å²) in [6.45, 7) is 1.96. The van der Waals surface area contributed by atoms with Crippen molar-refractivity contribution in [1.82, 2.24) is 25.5 Å². The molecule has 0 aliphatic carbocycles. The van der Waals surface area contributed by atoms with Crippen LogP contribution in [0.25, 0.3) is 0 Å². The van der Waals surface area contributed by atoms with E-state index in [-0.39, 0.29) is 0 Å². The molecule has 3 rings (SSSR count). The summed E-state index contributed by atoms with van der Waals surface area (Å²) in [5.41, 5.74) is 2.06. The third-order valence-electron chi connectivity index (χ3n) is 3.99. The van der Waals surface area contributed by atoms with E-state index in [1.807, 2.05) is 49.5 Å². The normalized spacial score (nSPS) is 10.8. The summed E-state index contributed by atoms with van der Waals surface area (Å²) in [4.78, 5) is 0. The largest absolute Gasteiger partial charge is 0.493 e. The molecule has 0 bridgehead atoms. The molecule has 0 fully saturated rings. The molecule has 1 aromatic heterocycles. The van der Waals surface area contributed by atoms with Gasteiger partial charge in [0.2, 0.25) is 5.16 Å².